The SMILES string of the molecule is Cc1cc(C(=O)N(CC#N)C(C)C)ccc1F. The molecule has 0 saturated heterocycles. The molecule has 0 aliphatic carbocycles. The molecule has 0 aromatic heterocycles. The molecule has 17 heavy (non-hydrogen) atoms. The highest BCUT2D eigenvalue weighted by atomic mass is 19.1. The minimum atomic E-state index is -0.335. The van der Waals surface area contributed by atoms with Gasteiger partial charge in [-0.3, -0.25) is 4.79 Å². The number of aryl methyl sites for hydroxylation is 1. The normalized spacial score (nSPS) is 10.1. The Bertz CT molecular complexity index is 463. The largest absolute Gasteiger partial charge is 0.323 e. The lowest BCUT2D eigenvalue weighted by molar-refractivity contribution is 0.0731. The standard InChI is InChI=1S/C13H15FN2O/c1-9(2)16(7-6-15)13(17)11-4-5-12(14)10(3)8-11/h4-5,8-9H,7H2,1-3H3. The summed E-state index contributed by atoms with van der Waals surface area (Å²) in [5.41, 5.74) is 0.837. The summed E-state index contributed by atoms with van der Waals surface area (Å²) in [6.07, 6.45) is 0. The number of nitrogens with zero attached hydrogens (tertiary/aromatic N) is 2. The smallest absolute Gasteiger partial charge is 0.254 e. The number of hydrogen-bond acceptors (Lipinski definition) is 2. The summed E-state index contributed by atoms with van der Waals surface area (Å²) in [5, 5.41) is 8.68. The first-order valence-corrected chi connectivity index (χ1v) is 5.41. The zero-order valence-corrected chi connectivity index (χ0v) is 10.2. The van der Waals surface area contributed by atoms with Crippen LogP contribution in [-0.4, -0.2) is 23.4 Å². The van der Waals surface area contributed by atoms with E-state index < -0.39 is 0 Å². The molecule has 0 atom stereocenters. The zero-order valence-electron chi connectivity index (χ0n) is 10.2. The molecular weight excluding hydrogens is 219 g/mol. The highest BCUT2D eigenvalue weighted by Gasteiger charge is 2.18. The number of carbonyl (C=O) groups excluding carboxylic acids is 1. The highest BCUT2D eigenvalue weighted by Crippen LogP contribution is 2.13. The van der Waals surface area contributed by atoms with Crippen LogP contribution in [0, 0.1) is 24.1 Å². The van der Waals surface area contributed by atoms with Crippen LogP contribution in [0.3, 0.4) is 0 Å². The molecule has 0 heterocycles. The number of amides is 1. The van der Waals surface area contributed by atoms with Crippen molar-refractivity contribution in [1.29, 1.82) is 5.26 Å². The van der Waals surface area contributed by atoms with Crippen molar-refractivity contribution in [2.24, 2.45) is 0 Å². The third-order valence-electron chi connectivity index (χ3n) is 2.53. The molecule has 90 valence electrons. The number of halogens is 1. The maximum Gasteiger partial charge on any atom is 0.254 e. The van der Waals surface area contributed by atoms with Crippen LogP contribution in [-0.2, 0) is 0 Å². The predicted molar refractivity (Wildman–Crippen MR) is 62.9 cm³/mol. The van der Waals surface area contributed by atoms with Crippen LogP contribution in [0.2, 0.25) is 0 Å². The van der Waals surface area contributed by atoms with E-state index in [0.29, 0.717) is 11.1 Å². The van der Waals surface area contributed by atoms with E-state index in [1.165, 1.54) is 23.1 Å². The van der Waals surface area contributed by atoms with Crippen molar-refractivity contribution in [3.63, 3.8) is 0 Å². The van der Waals surface area contributed by atoms with Crippen LogP contribution in [0.25, 0.3) is 0 Å². The van der Waals surface area contributed by atoms with Crippen molar-refractivity contribution in [3.05, 3.63) is 35.1 Å². The van der Waals surface area contributed by atoms with Gasteiger partial charge in [0.05, 0.1) is 6.07 Å². The lowest BCUT2D eigenvalue weighted by atomic mass is 10.1. The molecule has 0 N–H and O–H groups in total. The summed E-state index contributed by atoms with van der Waals surface area (Å²) in [5.74, 6) is -0.581. The number of nitriles is 1. The van der Waals surface area contributed by atoms with Gasteiger partial charge in [-0.25, -0.2) is 4.39 Å². The monoisotopic (exact) mass is 234 g/mol. The maximum absolute atomic E-state index is 13.1. The third kappa shape index (κ3) is 3.04. The molecule has 3 nitrogen and oxygen atoms in total. The average molecular weight is 234 g/mol. The summed E-state index contributed by atoms with van der Waals surface area (Å²) < 4.78 is 13.1. The summed E-state index contributed by atoms with van der Waals surface area (Å²) in [6.45, 7) is 5.32. The van der Waals surface area contributed by atoms with E-state index in [0.717, 1.165) is 0 Å². The molecular formula is C13H15FN2O. The van der Waals surface area contributed by atoms with Crippen molar-refractivity contribution in [1.82, 2.24) is 4.90 Å². The molecule has 0 saturated carbocycles. The van der Waals surface area contributed by atoms with Gasteiger partial charge in [-0.15, -0.1) is 0 Å². The highest BCUT2D eigenvalue weighted by molar-refractivity contribution is 5.94. The Morgan fingerprint density at radius 1 is 1.53 bits per heavy atom. The van der Waals surface area contributed by atoms with E-state index in [9.17, 15) is 9.18 Å². The Hall–Kier alpha value is -1.89. The van der Waals surface area contributed by atoms with E-state index in [2.05, 4.69) is 0 Å². The Morgan fingerprint density at radius 3 is 2.65 bits per heavy atom. The fourth-order valence-electron chi connectivity index (χ4n) is 1.51. The number of rotatable bonds is 3. The van der Waals surface area contributed by atoms with Gasteiger partial charge >= 0.3 is 0 Å². The van der Waals surface area contributed by atoms with Gasteiger partial charge in [-0.1, -0.05) is 0 Å². The van der Waals surface area contributed by atoms with Crippen molar-refractivity contribution in [3.8, 4) is 6.07 Å². The van der Waals surface area contributed by atoms with E-state index in [4.69, 9.17) is 5.26 Å². The van der Waals surface area contributed by atoms with Crippen LogP contribution < -0.4 is 0 Å². The van der Waals surface area contributed by atoms with Gasteiger partial charge in [0.15, 0.2) is 0 Å². The quantitative estimate of drug-likeness (QED) is 0.754. The van der Waals surface area contributed by atoms with Crippen molar-refractivity contribution < 1.29 is 9.18 Å². The number of hydrogen-bond donors (Lipinski definition) is 0. The van der Waals surface area contributed by atoms with E-state index >= 15 is 0 Å². The predicted octanol–water partition coefficient (Wildman–Crippen LogP) is 2.51. The summed E-state index contributed by atoms with van der Waals surface area (Å²) in [7, 11) is 0. The molecule has 0 unspecified atom stereocenters. The average Bonchev–Trinajstić information content (AvgIpc) is 2.28. The fraction of sp³-hybridized carbons (Fsp3) is 0.385. The van der Waals surface area contributed by atoms with Crippen molar-refractivity contribution in [2.45, 2.75) is 26.8 Å². The first kappa shape index (κ1) is 13.2. The Morgan fingerprint density at radius 2 is 2.18 bits per heavy atom. The Kier molecular flexibility index (Phi) is 4.22. The summed E-state index contributed by atoms with van der Waals surface area (Å²) in [4.78, 5) is 13.5. The molecule has 0 aliphatic rings. The number of benzene rings is 1. The number of carbonyl (C=O) groups is 1. The molecule has 0 bridgehead atoms. The van der Waals surface area contributed by atoms with Gasteiger partial charge in [0.2, 0.25) is 0 Å². The second kappa shape index (κ2) is 5.44. The second-order valence-electron chi connectivity index (χ2n) is 4.15. The van der Waals surface area contributed by atoms with Gasteiger partial charge in [-0.2, -0.15) is 5.26 Å². The molecule has 0 spiro atoms. The van der Waals surface area contributed by atoms with E-state index in [1.54, 1.807) is 6.92 Å². The molecule has 1 rings (SSSR count). The minimum Gasteiger partial charge on any atom is -0.323 e. The molecule has 1 aromatic rings. The van der Waals surface area contributed by atoms with Crippen LogP contribution in [0.15, 0.2) is 18.2 Å². The zero-order chi connectivity index (χ0) is 13.0. The minimum absolute atomic E-state index is 0.0346. The Labute approximate surface area is 100 Å². The Balaban J connectivity index is 3.02. The lowest BCUT2D eigenvalue weighted by Crippen LogP contribution is -2.37. The first-order valence-electron chi connectivity index (χ1n) is 5.41. The molecule has 4 heteroatoms. The van der Waals surface area contributed by atoms with Crippen LogP contribution >= 0.6 is 0 Å². The fourth-order valence-corrected chi connectivity index (χ4v) is 1.51. The molecule has 1 aromatic carbocycles. The van der Waals surface area contributed by atoms with Gasteiger partial charge in [-0.05, 0) is 44.5 Å². The van der Waals surface area contributed by atoms with Crippen molar-refractivity contribution in [2.75, 3.05) is 6.54 Å². The van der Waals surface area contributed by atoms with Crippen molar-refractivity contribution >= 4 is 5.91 Å². The van der Waals surface area contributed by atoms with Crippen LogP contribution in [0.5, 0.6) is 0 Å². The van der Waals surface area contributed by atoms with Gasteiger partial charge in [0.1, 0.15) is 12.4 Å². The van der Waals surface area contributed by atoms with E-state index in [1.807, 2.05) is 19.9 Å². The molecule has 0 fully saturated rings. The lowest BCUT2D eigenvalue weighted by Gasteiger charge is -2.24. The first-order chi connectivity index (χ1) is 7.97. The second-order valence-corrected chi connectivity index (χ2v) is 4.15. The third-order valence-corrected chi connectivity index (χ3v) is 2.53. The van der Waals surface area contributed by atoms with Gasteiger partial charge in [0.25, 0.3) is 5.91 Å². The van der Waals surface area contributed by atoms with Crippen LogP contribution in [0.4, 0.5) is 4.39 Å². The summed E-state index contributed by atoms with van der Waals surface area (Å²) in [6, 6.07) is 6.11. The molecule has 0 radical (unpaired) electrons. The van der Waals surface area contributed by atoms with Gasteiger partial charge in [0, 0.05) is 11.6 Å². The maximum atomic E-state index is 13.1. The molecule has 1 amide bonds. The summed E-state index contributed by atoms with van der Waals surface area (Å²) >= 11 is 0. The van der Waals surface area contributed by atoms with Gasteiger partial charge < -0.3 is 4.90 Å². The van der Waals surface area contributed by atoms with Crippen LogP contribution in [0.1, 0.15) is 29.8 Å². The van der Waals surface area contributed by atoms with E-state index in [-0.39, 0.29) is 24.3 Å². The topological polar surface area (TPSA) is 44.1 Å². The molecule has 0 aliphatic heterocycles.